The highest BCUT2D eigenvalue weighted by molar-refractivity contribution is 9.11. The summed E-state index contributed by atoms with van der Waals surface area (Å²) in [4.78, 5) is 32.0. The maximum absolute atomic E-state index is 12.8. The fourth-order valence-electron chi connectivity index (χ4n) is 4.86. The second-order valence-corrected chi connectivity index (χ2v) is 11.4. The highest BCUT2D eigenvalue weighted by Crippen LogP contribution is 2.36. The average Bonchev–Trinajstić information content (AvgIpc) is 3.62. The summed E-state index contributed by atoms with van der Waals surface area (Å²) >= 11 is 4.89. The first kappa shape index (κ1) is 23.1. The van der Waals surface area contributed by atoms with Gasteiger partial charge in [0, 0.05) is 18.3 Å². The summed E-state index contributed by atoms with van der Waals surface area (Å²) in [6.07, 6.45) is 8.98. The van der Waals surface area contributed by atoms with Crippen molar-refractivity contribution in [2.45, 2.75) is 44.7 Å². The van der Waals surface area contributed by atoms with E-state index in [1.807, 2.05) is 43.3 Å². The molecule has 1 N–H and O–H groups in total. The van der Waals surface area contributed by atoms with Gasteiger partial charge >= 0.3 is 0 Å². The summed E-state index contributed by atoms with van der Waals surface area (Å²) in [5.41, 5.74) is 3.21. The van der Waals surface area contributed by atoms with Crippen LogP contribution < -0.4 is 5.32 Å². The summed E-state index contributed by atoms with van der Waals surface area (Å²) in [5.74, 6) is 1.99. The number of nitrogens with one attached hydrogen (secondary N) is 1. The Morgan fingerprint density at radius 1 is 1.14 bits per heavy atom. The SMILES string of the molecule is Cc1cnc(-c2cc3c(cn2)nc(-c2ccccn2)n3C2CCCC(NC(=O)c3ccc(Br)s3)C2)o1. The van der Waals surface area contributed by atoms with E-state index in [2.05, 4.69) is 40.8 Å². The molecule has 5 heterocycles. The molecule has 0 radical (unpaired) electrons. The van der Waals surface area contributed by atoms with E-state index in [1.165, 1.54) is 11.3 Å². The summed E-state index contributed by atoms with van der Waals surface area (Å²) in [6.45, 7) is 1.86. The molecule has 0 aromatic carbocycles. The van der Waals surface area contributed by atoms with E-state index in [0.29, 0.717) is 16.5 Å². The van der Waals surface area contributed by atoms with Crippen molar-refractivity contribution in [1.29, 1.82) is 0 Å². The number of aromatic nitrogens is 5. The van der Waals surface area contributed by atoms with Crippen LogP contribution in [0.3, 0.4) is 0 Å². The highest BCUT2D eigenvalue weighted by Gasteiger charge is 2.29. The Morgan fingerprint density at radius 2 is 2.06 bits per heavy atom. The zero-order valence-electron chi connectivity index (χ0n) is 19.5. The van der Waals surface area contributed by atoms with Gasteiger partial charge in [-0.05, 0) is 78.9 Å². The van der Waals surface area contributed by atoms with Gasteiger partial charge in [0.05, 0.1) is 26.6 Å². The van der Waals surface area contributed by atoms with Crippen molar-refractivity contribution in [3.05, 3.63) is 69.4 Å². The van der Waals surface area contributed by atoms with E-state index >= 15 is 0 Å². The Morgan fingerprint density at radius 3 is 2.81 bits per heavy atom. The van der Waals surface area contributed by atoms with Crippen LogP contribution >= 0.6 is 27.3 Å². The van der Waals surface area contributed by atoms with Crippen LogP contribution in [0.1, 0.15) is 47.2 Å². The van der Waals surface area contributed by atoms with Gasteiger partial charge in [-0.25, -0.2) is 15.0 Å². The second kappa shape index (κ2) is 9.59. The molecule has 1 aliphatic rings. The third kappa shape index (κ3) is 4.46. The Kier molecular flexibility index (Phi) is 6.14. The molecule has 0 spiro atoms. The molecule has 5 aromatic heterocycles. The van der Waals surface area contributed by atoms with Gasteiger partial charge in [0.15, 0.2) is 5.82 Å². The second-order valence-electron chi connectivity index (χ2n) is 8.95. The quantitative estimate of drug-likeness (QED) is 0.274. The molecule has 1 aliphatic carbocycles. The number of amides is 1. The molecule has 1 fully saturated rings. The van der Waals surface area contributed by atoms with Crippen molar-refractivity contribution < 1.29 is 9.21 Å². The number of imidazole rings is 1. The van der Waals surface area contributed by atoms with Crippen LogP contribution in [-0.2, 0) is 0 Å². The van der Waals surface area contributed by atoms with E-state index in [-0.39, 0.29) is 18.0 Å². The fraction of sp³-hybridized carbons (Fsp3) is 0.269. The predicted octanol–water partition coefficient (Wildman–Crippen LogP) is 6.19. The normalized spacial score (nSPS) is 17.9. The van der Waals surface area contributed by atoms with Gasteiger partial charge in [-0.3, -0.25) is 9.78 Å². The number of hydrogen-bond donors (Lipinski definition) is 1. The molecule has 5 aromatic rings. The third-order valence-electron chi connectivity index (χ3n) is 6.45. The average molecular weight is 563 g/mol. The molecule has 182 valence electrons. The van der Waals surface area contributed by atoms with Crippen molar-refractivity contribution in [2.24, 2.45) is 0 Å². The number of rotatable bonds is 5. The van der Waals surface area contributed by atoms with Gasteiger partial charge in [0.1, 0.15) is 22.7 Å². The molecule has 1 amide bonds. The van der Waals surface area contributed by atoms with Crippen molar-refractivity contribution in [3.8, 4) is 23.1 Å². The van der Waals surface area contributed by atoms with Crippen LogP contribution in [-0.4, -0.2) is 36.5 Å². The lowest BCUT2D eigenvalue weighted by Gasteiger charge is -2.31. The van der Waals surface area contributed by atoms with Crippen LogP contribution in [0.2, 0.25) is 0 Å². The highest BCUT2D eigenvalue weighted by atomic mass is 79.9. The van der Waals surface area contributed by atoms with E-state index < -0.39 is 0 Å². The smallest absolute Gasteiger partial charge is 0.261 e. The Bertz CT molecular complexity index is 1540. The molecule has 36 heavy (non-hydrogen) atoms. The minimum absolute atomic E-state index is 0.0254. The number of aryl methyl sites for hydroxylation is 1. The zero-order valence-corrected chi connectivity index (χ0v) is 21.9. The summed E-state index contributed by atoms with van der Waals surface area (Å²) in [7, 11) is 0. The third-order valence-corrected chi connectivity index (χ3v) is 8.08. The molecular weight excluding hydrogens is 540 g/mol. The van der Waals surface area contributed by atoms with E-state index in [9.17, 15) is 4.79 Å². The lowest BCUT2D eigenvalue weighted by molar-refractivity contribution is 0.0925. The number of pyridine rings is 2. The van der Waals surface area contributed by atoms with Crippen LogP contribution in [0, 0.1) is 6.92 Å². The zero-order chi connectivity index (χ0) is 24.6. The van der Waals surface area contributed by atoms with Crippen molar-refractivity contribution in [3.63, 3.8) is 0 Å². The number of oxazole rings is 1. The van der Waals surface area contributed by atoms with Gasteiger partial charge in [-0.2, -0.15) is 0 Å². The molecule has 0 saturated heterocycles. The summed E-state index contributed by atoms with van der Waals surface area (Å²) in [6, 6.07) is 11.8. The topological polar surface area (TPSA) is 98.7 Å². The fourth-order valence-corrected chi connectivity index (χ4v) is 6.15. The molecule has 10 heteroatoms. The first-order chi connectivity index (χ1) is 17.5. The number of nitrogens with zero attached hydrogens (tertiary/aromatic N) is 5. The maximum Gasteiger partial charge on any atom is 0.261 e. The van der Waals surface area contributed by atoms with Crippen molar-refractivity contribution in [1.82, 2.24) is 29.8 Å². The van der Waals surface area contributed by atoms with Gasteiger partial charge in [0.2, 0.25) is 5.89 Å². The number of hydrogen-bond acceptors (Lipinski definition) is 7. The van der Waals surface area contributed by atoms with Crippen LogP contribution in [0.25, 0.3) is 34.1 Å². The van der Waals surface area contributed by atoms with Gasteiger partial charge in [-0.1, -0.05) is 6.07 Å². The molecule has 2 unspecified atom stereocenters. The van der Waals surface area contributed by atoms with Gasteiger partial charge in [0.25, 0.3) is 5.91 Å². The number of carbonyl (C=O) groups is 1. The number of carbonyl (C=O) groups excluding carboxylic acids is 1. The number of halogens is 1. The maximum atomic E-state index is 12.8. The van der Waals surface area contributed by atoms with Crippen LogP contribution in [0.4, 0.5) is 0 Å². The Hall–Kier alpha value is -3.37. The Labute approximate surface area is 220 Å². The molecule has 8 nitrogen and oxygen atoms in total. The predicted molar refractivity (Wildman–Crippen MR) is 142 cm³/mol. The lowest BCUT2D eigenvalue weighted by atomic mass is 9.90. The first-order valence-corrected chi connectivity index (χ1v) is 13.4. The summed E-state index contributed by atoms with van der Waals surface area (Å²) in [5, 5.41) is 3.25. The van der Waals surface area contributed by atoms with E-state index in [0.717, 1.165) is 57.8 Å². The van der Waals surface area contributed by atoms with E-state index in [1.54, 1.807) is 18.6 Å². The molecule has 2 atom stereocenters. The van der Waals surface area contributed by atoms with Gasteiger partial charge in [-0.15, -0.1) is 11.3 Å². The standard InChI is InChI=1S/C26H23BrN6O2S/c1-15-13-30-26(35-15)19-12-21-20(14-29-19)32-24(18-7-2-3-10-28-18)33(21)17-6-4-5-16(11-17)31-25(34)22-8-9-23(27)36-22/h2-3,7-10,12-14,16-17H,4-6,11H2,1H3,(H,31,34). The molecule has 0 bridgehead atoms. The number of thiophene rings is 1. The monoisotopic (exact) mass is 562 g/mol. The minimum Gasteiger partial charge on any atom is -0.440 e. The summed E-state index contributed by atoms with van der Waals surface area (Å²) < 4.78 is 8.95. The van der Waals surface area contributed by atoms with Crippen LogP contribution in [0.15, 0.2) is 63.2 Å². The number of fused-ring (bicyclic) bond motifs is 1. The van der Waals surface area contributed by atoms with Gasteiger partial charge < -0.3 is 14.3 Å². The van der Waals surface area contributed by atoms with Crippen LogP contribution in [0.5, 0.6) is 0 Å². The molecule has 6 rings (SSSR count). The van der Waals surface area contributed by atoms with Crippen molar-refractivity contribution >= 4 is 44.2 Å². The molecular formula is C26H23BrN6O2S. The molecule has 0 aliphatic heterocycles. The molecule has 1 saturated carbocycles. The first-order valence-electron chi connectivity index (χ1n) is 11.8. The van der Waals surface area contributed by atoms with Crippen molar-refractivity contribution in [2.75, 3.05) is 0 Å². The lowest BCUT2D eigenvalue weighted by Crippen LogP contribution is -2.38. The van der Waals surface area contributed by atoms with E-state index in [4.69, 9.17) is 9.40 Å². The Balaban J connectivity index is 1.38. The largest absolute Gasteiger partial charge is 0.440 e. The minimum atomic E-state index is -0.0254.